The molecule has 0 amide bonds. The summed E-state index contributed by atoms with van der Waals surface area (Å²) in [7, 11) is 1.60. The van der Waals surface area contributed by atoms with E-state index in [2.05, 4.69) is 19.9 Å². The SMILES string of the molecule is COCc1noc(CN2CCN(C3CCOCC3)CC(O)C2)n1. The van der Waals surface area contributed by atoms with Gasteiger partial charge in [-0.25, -0.2) is 0 Å². The van der Waals surface area contributed by atoms with Crippen LogP contribution >= 0.6 is 0 Å². The number of rotatable bonds is 5. The van der Waals surface area contributed by atoms with Crippen LogP contribution < -0.4 is 0 Å². The van der Waals surface area contributed by atoms with Crippen LogP contribution in [-0.2, 0) is 22.6 Å². The summed E-state index contributed by atoms with van der Waals surface area (Å²) in [6.45, 7) is 5.74. The summed E-state index contributed by atoms with van der Waals surface area (Å²) in [6.07, 6.45) is 1.75. The van der Waals surface area contributed by atoms with Crippen LogP contribution in [0, 0.1) is 0 Å². The van der Waals surface area contributed by atoms with Crippen molar-refractivity contribution in [2.24, 2.45) is 0 Å². The van der Waals surface area contributed by atoms with Gasteiger partial charge in [0.25, 0.3) is 0 Å². The zero-order chi connectivity index (χ0) is 16.1. The Labute approximate surface area is 136 Å². The molecule has 2 aliphatic rings. The topological polar surface area (TPSA) is 84.1 Å². The van der Waals surface area contributed by atoms with Gasteiger partial charge in [-0.05, 0) is 12.8 Å². The van der Waals surface area contributed by atoms with Gasteiger partial charge in [0.05, 0.1) is 12.6 Å². The van der Waals surface area contributed by atoms with Crippen molar-refractivity contribution in [3.05, 3.63) is 11.7 Å². The first-order valence-electron chi connectivity index (χ1n) is 8.27. The van der Waals surface area contributed by atoms with Crippen LogP contribution in [0.25, 0.3) is 0 Å². The molecule has 0 bridgehead atoms. The summed E-state index contributed by atoms with van der Waals surface area (Å²) in [6, 6.07) is 0.523. The van der Waals surface area contributed by atoms with Gasteiger partial charge in [0.2, 0.25) is 5.89 Å². The minimum Gasteiger partial charge on any atom is -0.390 e. The maximum atomic E-state index is 10.3. The molecule has 2 fully saturated rings. The summed E-state index contributed by atoms with van der Waals surface area (Å²) in [5.74, 6) is 1.13. The van der Waals surface area contributed by atoms with Gasteiger partial charge < -0.3 is 19.1 Å². The third-order valence-electron chi connectivity index (χ3n) is 4.47. The van der Waals surface area contributed by atoms with Gasteiger partial charge >= 0.3 is 0 Å². The average molecular weight is 326 g/mol. The lowest BCUT2D eigenvalue weighted by molar-refractivity contribution is 0.0217. The van der Waals surface area contributed by atoms with E-state index < -0.39 is 0 Å². The summed E-state index contributed by atoms with van der Waals surface area (Å²) in [5.41, 5.74) is 0. The molecule has 3 rings (SSSR count). The Morgan fingerprint density at radius 2 is 2.09 bits per heavy atom. The van der Waals surface area contributed by atoms with Gasteiger partial charge in [-0.2, -0.15) is 4.98 Å². The first-order valence-corrected chi connectivity index (χ1v) is 8.27. The first-order chi connectivity index (χ1) is 11.2. The van der Waals surface area contributed by atoms with E-state index in [0.29, 0.717) is 37.5 Å². The molecule has 0 spiro atoms. The summed E-state index contributed by atoms with van der Waals surface area (Å²) < 4.78 is 15.7. The highest BCUT2D eigenvalue weighted by atomic mass is 16.5. The zero-order valence-electron chi connectivity index (χ0n) is 13.7. The van der Waals surface area contributed by atoms with Crippen molar-refractivity contribution in [3.8, 4) is 0 Å². The number of nitrogens with zero attached hydrogens (tertiary/aromatic N) is 4. The van der Waals surface area contributed by atoms with Crippen LogP contribution in [0.15, 0.2) is 4.52 Å². The Hall–Kier alpha value is -1.06. The van der Waals surface area contributed by atoms with Gasteiger partial charge in [-0.1, -0.05) is 5.16 Å². The molecule has 1 aromatic heterocycles. The van der Waals surface area contributed by atoms with Crippen molar-refractivity contribution in [1.82, 2.24) is 19.9 Å². The van der Waals surface area contributed by atoms with Crippen molar-refractivity contribution in [2.45, 2.75) is 38.1 Å². The van der Waals surface area contributed by atoms with E-state index >= 15 is 0 Å². The fourth-order valence-electron chi connectivity index (χ4n) is 3.34. The normalized spacial score (nSPS) is 25.6. The Kier molecular flexibility index (Phi) is 5.96. The van der Waals surface area contributed by atoms with Crippen LogP contribution in [-0.4, -0.2) is 83.7 Å². The monoisotopic (exact) mass is 326 g/mol. The van der Waals surface area contributed by atoms with Gasteiger partial charge in [-0.3, -0.25) is 9.80 Å². The molecule has 2 aliphatic heterocycles. The Morgan fingerprint density at radius 1 is 1.26 bits per heavy atom. The van der Waals surface area contributed by atoms with E-state index in [4.69, 9.17) is 14.0 Å². The van der Waals surface area contributed by atoms with E-state index in [9.17, 15) is 5.11 Å². The maximum Gasteiger partial charge on any atom is 0.240 e. The molecule has 0 saturated carbocycles. The van der Waals surface area contributed by atoms with Crippen molar-refractivity contribution < 1.29 is 19.1 Å². The van der Waals surface area contributed by atoms with Gasteiger partial charge in [0.15, 0.2) is 5.82 Å². The maximum absolute atomic E-state index is 10.3. The highest BCUT2D eigenvalue weighted by Crippen LogP contribution is 2.17. The minimum atomic E-state index is -0.360. The molecule has 0 radical (unpaired) electrons. The average Bonchev–Trinajstić information content (AvgIpc) is 2.90. The van der Waals surface area contributed by atoms with Crippen molar-refractivity contribution in [1.29, 1.82) is 0 Å². The number of aromatic nitrogens is 2. The standard InChI is InChI=1S/C15H26N4O4/c1-21-11-14-16-15(23-17-14)10-18-4-5-19(9-13(20)8-18)12-2-6-22-7-3-12/h12-13,20H,2-11H2,1H3. The van der Waals surface area contributed by atoms with Gasteiger partial charge in [0.1, 0.15) is 6.61 Å². The van der Waals surface area contributed by atoms with E-state index in [0.717, 1.165) is 45.7 Å². The molecular weight excluding hydrogens is 300 g/mol. The molecule has 1 unspecified atom stereocenters. The highest BCUT2D eigenvalue weighted by molar-refractivity contribution is 4.87. The van der Waals surface area contributed by atoms with E-state index in [1.165, 1.54) is 0 Å². The molecule has 1 N–H and O–H groups in total. The Bertz CT molecular complexity index is 478. The molecule has 0 aromatic carbocycles. The third-order valence-corrected chi connectivity index (χ3v) is 4.47. The second-order valence-electron chi connectivity index (χ2n) is 6.26. The smallest absolute Gasteiger partial charge is 0.240 e. The molecule has 130 valence electrons. The lowest BCUT2D eigenvalue weighted by Crippen LogP contribution is -2.43. The van der Waals surface area contributed by atoms with E-state index in [1.54, 1.807) is 7.11 Å². The molecule has 0 aliphatic carbocycles. The highest BCUT2D eigenvalue weighted by Gasteiger charge is 2.28. The van der Waals surface area contributed by atoms with Crippen molar-refractivity contribution in [2.75, 3.05) is 46.5 Å². The predicted octanol–water partition coefficient (Wildman–Crippen LogP) is -0.126. The van der Waals surface area contributed by atoms with Crippen LogP contribution in [0.4, 0.5) is 0 Å². The molecule has 1 aromatic rings. The Morgan fingerprint density at radius 3 is 2.87 bits per heavy atom. The molecule has 8 heteroatoms. The third kappa shape index (κ3) is 4.71. The summed E-state index contributed by atoms with van der Waals surface area (Å²) >= 11 is 0. The Balaban J connectivity index is 1.54. The number of aliphatic hydroxyl groups excluding tert-OH is 1. The lowest BCUT2D eigenvalue weighted by Gasteiger charge is -2.33. The number of hydrogen-bond donors (Lipinski definition) is 1. The second kappa shape index (κ2) is 8.16. The van der Waals surface area contributed by atoms with E-state index in [-0.39, 0.29) is 6.10 Å². The summed E-state index contributed by atoms with van der Waals surface area (Å²) in [5, 5.41) is 14.2. The van der Waals surface area contributed by atoms with Crippen LogP contribution in [0.3, 0.4) is 0 Å². The predicted molar refractivity (Wildman–Crippen MR) is 81.7 cm³/mol. The first kappa shape index (κ1) is 16.8. The largest absolute Gasteiger partial charge is 0.390 e. The van der Waals surface area contributed by atoms with E-state index in [1.807, 2.05) is 0 Å². The number of ether oxygens (including phenoxy) is 2. The fraction of sp³-hybridized carbons (Fsp3) is 0.867. The molecule has 8 nitrogen and oxygen atoms in total. The van der Waals surface area contributed by atoms with Crippen LogP contribution in [0.2, 0.25) is 0 Å². The number of methoxy groups -OCH3 is 1. The van der Waals surface area contributed by atoms with Gasteiger partial charge in [0, 0.05) is 52.5 Å². The zero-order valence-corrected chi connectivity index (χ0v) is 13.7. The number of hydrogen-bond acceptors (Lipinski definition) is 8. The molecule has 2 saturated heterocycles. The van der Waals surface area contributed by atoms with Crippen molar-refractivity contribution >= 4 is 0 Å². The molecule has 3 heterocycles. The minimum absolute atomic E-state index is 0.351. The lowest BCUT2D eigenvalue weighted by atomic mass is 10.1. The number of β-amino-alcohol motifs (C(OH)–C–C–N with tert-alkyl or cyclic N) is 1. The molecule has 23 heavy (non-hydrogen) atoms. The van der Waals surface area contributed by atoms with Crippen LogP contribution in [0.1, 0.15) is 24.6 Å². The van der Waals surface area contributed by atoms with Crippen molar-refractivity contribution in [3.63, 3.8) is 0 Å². The molecule has 1 atom stereocenters. The second-order valence-corrected chi connectivity index (χ2v) is 6.26. The van der Waals surface area contributed by atoms with Gasteiger partial charge in [-0.15, -0.1) is 0 Å². The number of aliphatic hydroxyl groups is 1. The molecular formula is C15H26N4O4. The quantitative estimate of drug-likeness (QED) is 0.801. The fourth-order valence-corrected chi connectivity index (χ4v) is 3.34. The summed E-state index contributed by atoms with van der Waals surface area (Å²) in [4.78, 5) is 8.88. The van der Waals surface area contributed by atoms with Crippen LogP contribution in [0.5, 0.6) is 0 Å².